The van der Waals surface area contributed by atoms with Gasteiger partial charge in [-0.3, -0.25) is 15.6 Å². The number of amides is 1. The normalized spacial score (nSPS) is 16.2. The molecule has 0 radical (unpaired) electrons. The second-order valence-corrected chi connectivity index (χ2v) is 5.72. The van der Waals surface area contributed by atoms with Crippen LogP contribution in [0, 0.1) is 6.92 Å². The van der Waals surface area contributed by atoms with Crippen LogP contribution in [0.4, 0.5) is 24.5 Å². The van der Waals surface area contributed by atoms with E-state index in [9.17, 15) is 18.0 Å². The van der Waals surface area contributed by atoms with Crippen molar-refractivity contribution in [3.63, 3.8) is 0 Å². The molecule has 2 N–H and O–H groups in total. The van der Waals surface area contributed by atoms with Gasteiger partial charge in [-0.1, -0.05) is 24.8 Å². The molecule has 1 saturated heterocycles. The number of hydrazine groups is 1. The Kier molecular flexibility index (Phi) is 4.41. The SMILES string of the molecule is C=C1NN(c2cccc(C(F)(F)F)c2)C(=O)/C1=N\Nc1cccc(C)c1. The molecule has 2 aromatic carbocycles. The number of hydrogen-bond acceptors (Lipinski definition) is 4. The van der Waals surface area contributed by atoms with Crippen LogP contribution in [0.15, 0.2) is 65.9 Å². The molecular weight excluding hydrogens is 345 g/mol. The van der Waals surface area contributed by atoms with Gasteiger partial charge in [-0.05, 0) is 42.8 Å². The fourth-order valence-electron chi connectivity index (χ4n) is 2.43. The lowest BCUT2D eigenvalue weighted by molar-refractivity contribution is -0.137. The smallest absolute Gasteiger partial charge is 0.289 e. The number of aryl methyl sites for hydroxylation is 1. The van der Waals surface area contributed by atoms with Gasteiger partial charge in [0.25, 0.3) is 5.91 Å². The maximum atomic E-state index is 12.9. The van der Waals surface area contributed by atoms with Crippen molar-refractivity contribution >= 4 is 23.0 Å². The minimum atomic E-state index is -4.50. The Balaban J connectivity index is 1.84. The van der Waals surface area contributed by atoms with Gasteiger partial charge in [-0.25, -0.2) is 5.01 Å². The topological polar surface area (TPSA) is 56.7 Å². The number of halogens is 3. The number of carbonyl (C=O) groups is 1. The summed E-state index contributed by atoms with van der Waals surface area (Å²) in [7, 11) is 0. The molecule has 2 aromatic rings. The molecule has 1 amide bonds. The van der Waals surface area contributed by atoms with Crippen LogP contribution in [0.3, 0.4) is 0 Å². The summed E-state index contributed by atoms with van der Waals surface area (Å²) in [6, 6.07) is 11.8. The highest BCUT2D eigenvalue weighted by Gasteiger charge is 2.35. The van der Waals surface area contributed by atoms with Gasteiger partial charge in [0, 0.05) is 0 Å². The van der Waals surface area contributed by atoms with Gasteiger partial charge >= 0.3 is 6.18 Å². The maximum absolute atomic E-state index is 12.9. The van der Waals surface area contributed by atoms with Crippen molar-refractivity contribution < 1.29 is 18.0 Å². The summed E-state index contributed by atoms with van der Waals surface area (Å²) >= 11 is 0. The van der Waals surface area contributed by atoms with E-state index in [4.69, 9.17) is 0 Å². The minimum Gasteiger partial charge on any atom is -0.289 e. The predicted molar refractivity (Wildman–Crippen MR) is 93.4 cm³/mol. The number of nitrogens with zero attached hydrogens (tertiary/aromatic N) is 2. The molecule has 1 aliphatic heterocycles. The molecule has 0 spiro atoms. The Morgan fingerprint density at radius 3 is 2.58 bits per heavy atom. The lowest BCUT2D eigenvalue weighted by atomic mass is 10.2. The van der Waals surface area contributed by atoms with Crippen molar-refractivity contribution in [1.82, 2.24) is 5.43 Å². The average molecular weight is 360 g/mol. The van der Waals surface area contributed by atoms with E-state index in [0.29, 0.717) is 5.69 Å². The van der Waals surface area contributed by atoms with Gasteiger partial charge in [-0.15, -0.1) is 0 Å². The third kappa shape index (κ3) is 3.53. The molecule has 0 bridgehead atoms. The van der Waals surface area contributed by atoms with E-state index in [1.165, 1.54) is 12.1 Å². The molecule has 5 nitrogen and oxygen atoms in total. The molecule has 0 saturated carbocycles. The summed E-state index contributed by atoms with van der Waals surface area (Å²) in [5, 5.41) is 5.02. The first-order valence-electron chi connectivity index (χ1n) is 7.64. The Morgan fingerprint density at radius 1 is 1.15 bits per heavy atom. The van der Waals surface area contributed by atoms with Gasteiger partial charge in [0.2, 0.25) is 0 Å². The Morgan fingerprint density at radius 2 is 1.88 bits per heavy atom. The monoisotopic (exact) mass is 360 g/mol. The van der Waals surface area contributed by atoms with Gasteiger partial charge in [0.05, 0.1) is 22.6 Å². The molecule has 1 heterocycles. The number of alkyl halides is 3. The van der Waals surface area contributed by atoms with Crippen LogP contribution < -0.4 is 15.9 Å². The Hall–Kier alpha value is -3.29. The quantitative estimate of drug-likeness (QED) is 0.818. The van der Waals surface area contributed by atoms with E-state index in [2.05, 4.69) is 22.5 Å². The fraction of sp³-hybridized carbons (Fsp3) is 0.111. The van der Waals surface area contributed by atoms with Crippen LogP contribution in [-0.4, -0.2) is 11.6 Å². The summed E-state index contributed by atoms with van der Waals surface area (Å²) < 4.78 is 38.6. The number of rotatable bonds is 3. The highest BCUT2D eigenvalue weighted by atomic mass is 19.4. The van der Waals surface area contributed by atoms with Gasteiger partial charge in [-0.2, -0.15) is 18.3 Å². The number of carbonyl (C=O) groups excluding carboxylic acids is 1. The van der Waals surface area contributed by atoms with E-state index in [0.717, 1.165) is 22.7 Å². The molecule has 0 atom stereocenters. The van der Waals surface area contributed by atoms with E-state index in [1.54, 1.807) is 6.07 Å². The number of nitrogens with one attached hydrogen (secondary N) is 2. The second kappa shape index (κ2) is 6.55. The van der Waals surface area contributed by atoms with Crippen LogP contribution in [0.5, 0.6) is 0 Å². The van der Waals surface area contributed by atoms with E-state index in [-0.39, 0.29) is 17.1 Å². The largest absolute Gasteiger partial charge is 0.416 e. The minimum absolute atomic E-state index is 0.0103. The summed E-state index contributed by atoms with van der Waals surface area (Å²) in [5.74, 6) is -0.602. The van der Waals surface area contributed by atoms with Crippen molar-refractivity contribution in [3.8, 4) is 0 Å². The highest BCUT2D eigenvalue weighted by Crippen LogP contribution is 2.32. The van der Waals surface area contributed by atoms with E-state index >= 15 is 0 Å². The number of hydrazone groups is 1. The molecule has 0 aliphatic carbocycles. The first-order chi connectivity index (χ1) is 12.3. The zero-order valence-electron chi connectivity index (χ0n) is 13.8. The van der Waals surface area contributed by atoms with Crippen molar-refractivity contribution in [2.24, 2.45) is 5.10 Å². The third-order valence-corrected chi connectivity index (χ3v) is 3.68. The zero-order valence-corrected chi connectivity index (χ0v) is 13.8. The van der Waals surface area contributed by atoms with Crippen LogP contribution in [-0.2, 0) is 11.0 Å². The third-order valence-electron chi connectivity index (χ3n) is 3.68. The van der Waals surface area contributed by atoms with Gasteiger partial charge < -0.3 is 0 Å². The average Bonchev–Trinajstić information content (AvgIpc) is 2.87. The summed E-state index contributed by atoms with van der Waals surface area (Å²) in [5.41, 5.74) is 6.47. The molecule has 8 heteroatoms. The van der Waals surface area contributed by atoms with Crippen LogP contribution >= 0.6 is 0 Å². The molecule has 3 rings (SSSR count). The lowest BCUT2D eigenvalue weighted by Gasteiger charge is -2.17. The second-order valence-electron chi connectivity index (χ2n) is 5.72. The maximum Gasteiger partial charge on any atom is 0.416 e. The summed E-state index contributed by atoms with van der Waals surface area (Å²) in [4.78, 5) is 12.5. The van der Waals surface area contributed by atoms with Crippen molar-refractivity contribution in [2.75, 3.05) is 10.4 Å². The zero-order chi connectivity index (χ0) is 18.9. The van der Waals surface area contributed by atoms with E-state index < -0.39 is 17.6 Å². The van der Waals surface area contributed by atoms with Crippen molar-refractivity contribution in [2.45, 2.75) is 13.1 Å². The highest BCUT2D eigenvalue weighted by molar-refractivity contribution is 6.51. The van der Waals surface area contributed by atoms with Crippen molar-refractivity contribution in [3.05, 3.63) is 71.9 Å². The molecule has 0 aromatic heterocycles. The van der Waals surface area contributed by atoms with Crippen molar-refractivity contribution in [1.29, 1.82) is 0 Å². The number of benzene rings is 2. The molecule has 1 aliphatic rings. The number of hydrogen-bond donors (Lipinski definition) is 2. The Bertz CT molecular complexity index is 905. The first kappa shape index (κ1) is 17.5. The number of anilines is 2. The predicted octanol–water partition coefficient (Wildman–Crippen LogP) is 3.85. The molecular formula is C18H15F3N4O. The molecule has 0 unspecified atom stereocenters. The molecule has 1 fully saturated rings. The van der Waals surface area contributed by atoms with Crippen LogP contribution in [0.25, 0.3) is 0 Å². The Labute approximate surface area is 147 Å². The molecule has 134 valence electrons. The van der Waals surface area contributed by atoms with Crippen LogP contribution in [0.1, 0.15) is 11.1 Å². The van der Waals surface area contributed by atoms with Crippen LogP contribution in [0.2, 0.25) is 0 Å². The standard InChI is InChI=1S/C18H15F3N4O/c1-11-5-3-7-14(9-11)22-23-16-12(2)24-25(17(16)26)15-8-4-6-13(10-15)18(19,20)21/h3-10,22,24H,2H2,1H3/b23-16-. The fourth-order valence-corrected chi connectivity index (χ4v) is 2.43. The molecule has 26 heavy (non-hydrogen) atoms. The van der Waals surface area contributed by atoms with Gasteiger partial charge in [0.15, 0.2) is 5.71 Å². The first-order valence-corrected chi connectivity index (χ1v) is 7.64. The summed E-state index contributed by atoms with van der Waals surface area (Å²) in [6.07, 6.45) is -4.50. The van der Waals surface area contributed by atoms with Gasteiger partial charge in [0.1, 0.15) is 0 Å². The summed E-state index contributed by atoms with van der Waals surface area (Å²) in [6.45, 7) is 5.61. The van der Waals surface area contributed by atoms with E-state index in [1.807, 2.05) is 25.1 Å². The lowest BCUT2D eigenvalue weighted by Crippen LogP contribution is -2.34.